The summed E-state index contributed by atoms with van der Waals surface area (Å²) in [4.78, 5) is 24.7. The maximum absolute atomic E-state index is 13.1. The third-order valence-electron chi connectivity index (χ3n) is 5.30. The van der Waals surface area contributed by atoms with E-state index in [-0.39, 0.29) is 24.5 Å². The van der Waals surface area contributed by atoms with Crippen molar-refractivity contribution in [3.05, 3.63) is 95.1 Å². The van der Waals surface area contributed by atoms with Crippen LogP contribution in [0.5, 0.6) is 11.5 Å². The standard InChI is InChI=1S/C28H27F3O6/c1-4-34-26(32)25(36-23-15-10-18(2)16-19(23)3)24(37-27(33)28(29,30)31)21-11-13-22(14-12-21)35-17-20-8-6-5-7-9-20/h5-16,24-25H,4,17H2,1-3H3. The van der Waals surface area contributed by atoms with Crippen LogP contribution in [0.2, 0.25) is 0 Å². The van der Waals surface area contributed by atoms with Crippen LogP contribution in [0.25, 0.3) is 0 Å². The number of carbonyl (C=O) groups is 2. The lowest BCUT2D eigenvalue weighted by Gasteiger charge is -2.27. The Labute approximate surface area is 212 Å². The zero-order chi connectivity index (χ0) is 27.0. The van der Waals surface area contributed by atoms with Crippen LogP contribution in [0.15, 0.2) is 72.8 Å². The van der Waals surface area contributed by atoms with Crippen molar-refractivity contribution in [2.24, 2.45) is 0 Å². The average Bonchev–Trinajstić information content (AvgIpc) is 2.86. The molecule has 0 amide bonds. The normalized spacial score (nSPS) is 12.8. The predicted octanol–water partition coefficient (Wildman–Crippen LogP) is 6.04. The number of carbonyl (C=O) groups excluding carboxylic acids is 2. The molecule has 0 saturated heterocycles. The Morgan fingerprint density at radius 2 is 1.59 bits per heavy atom. The highest BCUT2D eigenvalue weighted by Crippen LogP contribution is 2.32. The number of benzene rings is 3. The highest BCUT2D eigenvalue weighted by Gasteiger charge is 2.46. The van der Waals surface area contributed by atoms with Gasteiger partial charge in [0.05, 0.1) is 6.61 Å². The first-order valence-corrected chi connectivity index (χ1v) is 11.5. The Balaban J connectivity index is 1.93. The van der Waals surface area contributed by atoms with Gasteiger partial charge in [0.25, 0.3) is 0 Å². The molecule has 2 unspecified atom stereocenters. The van der Waals surface area contributed by atoms with Crippen molar-refractivity contribution >= 4 is 11.9 Å². The number of esters is 2. The van der Waals surface area contributed by atoms with E-state index in [1.165, 1.54) is 24.3 Å². The highest BCUT2D eigenvalue weighted by molar-refractivity contribution is 5.79. The molecule has 0 saturated carbocycles. The third kappa shape index (κ3) is 7.73. The van der Waals surface area contributed by atoms with Crippen LogP contribution in [-0.2, 0) is 25.7 Å². The summed E-state index contributed by atoms with van der Waals surface area (Å²) in [5, 5.41) is 0. The largest absolute Gasteiger partial charge is 0.490 e. The van der Waals surface area contributed by atoms with Crippen LogP contribution in [0, 0.1) is 13.8 Å². The topological polar surface area (TPSA) is 71.1 Å². The fourth-order valence-corrected chi connectivity index (χ4v) is 3.51. The average molecular weight is 517 g/mol. The van der Waals surface area contributed by atoms with Crippen LogP contribution >= 0.6 is 0 Å². The highest BCUT2D eigenvalue weighted by atomic mass is 19.4. The number of hydrogen-bond donors (Lipinski definition) is 0. The Hall–Kier alpha value is -4.01. The van der Waals surface area contributed by atoms with Gasteiger partial charge in [0.1, 0.15) is 18.1 Å². The first-order valence-electron chi connectivity index (χ1n) is 11.5. The summed E-state index contributed by atoms with van der Waals surface area (Å²) < 4.78 is 60.9. The lowest BCUT2D eigenvalue weighted by atomic mass is 10.0. The van der Waals surface area contributed by atoms with Crippen molar-refractivity contribution in [1.82, 2.24) is 0 Å². The van der Waals surface area contributed by atoms with Gasteiger partial charge in [-0.2, -0.15) is 13.2 Å². The summed E-state index contributed by atoms with van der Waals surface area (Å²) in [5.74, 6) is -2.77. The van der Waals surface area contributed by atoms with Gasteiger partial charge < -0.3 is 18.9 Å². The van der Waals surface area contributed by atoms with E-state index >= 15 is 0 Å². The van der Waals surface area contributed by atoms with Gasteiger partial charge in [-0.05, 0) is 55.7 Å². The van der Waals surface area contributed by atoms with Crippen molar-refractivity contribution in [2.45, 2.75) is 45.8 Å². The van der Waals surface area contributed by atoms with Gasteiger partial charge in [-0.3, -0.25) is 0 Å². The van der Waals surface area contributed by atoms with Crippen molar-refractivity contribution in [3.8, 4) is 11.5 Å². The molecule has 3 aromatic carbocycles. The van der Waals surface area contributed by atoms with E-state index in [4.69, 9.17) is 18.9 Å². The molecule has 0 N–H and O–H groups in total. The Bertz CT molecular complexity index is 1190. The summed E-state index contributed by atoms with van der Waals surface area (Å²) in [6.07, 6.45) is -8.74. The third-order valence-corrected chi connectivity index (χ3v) is 5.30. The maximum atomic E-state index is 13.1. The molecule has 0 aliphatic carbocycles. The molecule has 0 aromatic heterocycles. The summed E-state index contributed by atoms with van der Waals surface area (Å²) in [5.41, 5.74) is 2.57. The fourth-order valence-electron chi connectivity index (χ4n) is 3.51. The molecular formula is C28H27F3O6. The molecule has 0 fully saturated rings. The van der Waals surface area contributed by atoms with Crippen LogP contribution in [0.1, 0.15) is 35.3 Å². The summed E-state index contributed by atoms with van der Waals surface area (Å²) >= 11 is 0. The van der Waals surface area contributed by atoms with Crippen molar-refractivity contribution in [1.29, 1.82) is 0 Å². The number of ether oxygens (including phenoxy) is 4. The smallest absolute Gasteiger partial charge is 0.489 e. The fraction of sp³-hybridized carbons (Fsp3) is 0.286. The van der Waals surface area contributed by atoms with Gasteiger partial charge in [0, 0.05) is 0 Å². The van der Waals surface area contributed by atoms with E-state index in [0.29, 0.717) is 11.3 Å². The SMILES string of the molecule is CCOC(=O)C(Oc1ccc(C)cc1C)C(OC(=O)C(F)(F)F)c1ccc(OCc2ccccc2)cc1. The first kappa shape index (κ1) is 27.6. The molecule has 0 aliphatic heterocycles. The van der Waals surface area contributed by atoms with Crippen molar-refractivity contribution in [2.75, 3.05) is 6.61 Å². The van der Waals surface area contributed by atoms with E-state index in [1.807, 2.05) is 37.3 Å². The zero-order valence-electron chi connectivity index (χ0n) is 20.6. The van der Waals surface area contributed by atoms with E-state index in [1.54, 1.807) is 32.0 Å². The molecule has 3 rings (SSSR count). The number of halogens is 3. The van der Waals surface area contributed by atoms with Gasteiger partial charge >= 0.3 is 18.1 Å². The van der Waals surface area contributed by atoms with Crippen molar-refractivity contribution in [3.63, 3.8) is 0 Å². The maximum Gasteiger partial charge on any atom is 0.490 e. The zero-order valence-corrected chi connectivity index (χ0v) is 20.6. The van der Waals surface area contributed by atoms with Crippen LogP contribution in [0.4, 0.5) is 13.2 Å². The predicted molar refractivity (Wildman–Crippen MR) is 129 cm³/mol. The van der Waals surface area contributed by atoms with Crippen LogP contribution in [0.3, 0.4) is 0 Å². The molecule has 0 aliphatic rings. The molecule has 196 valence electrons. The molecule has 9 heteroatoms. The molecule has 0 spiro atoms. The monoisotopic (exact) mass is 516 g/mol. The number of alkyl halides is 3. The summed E-state index contributed by atoms with van der Waals surface area (Å²) in [6, 6.07) is 20.3. The molecular weight excluding hydrogens is 489 g/mol. The second-order valence-corrected chi connectivity index (χ2v) is 8.23. The van der Waals surface area contributed by atoms with E-state index in [0.717, 1.165) is 11.1 Å². The van der Waals surface area contributed by atoms with E-state index in [9.17, 15) is 22.8 Å². The first-order chi connectivity index (χ1) is 17.6. The van der Waals surface area contributed by atoms with Crippen LogP contribution in [-0.4, -0.2) is 30.8 Å². The molecule has 0 bridgehead atoms. The second-order valence-electron chi connectivity index (χ2n) is 8.23. The molecule has 0 radical (unpaired) electrons. The van der Waals surface area contributed by atoms with Crippen LogP contribution < -0.4 is 9.47 Å². The number of rotatable bonds is 10. The van der Waals surface area contributed by atoms with Gasteiger partial charge in [-0.1, -0.05) is 60.2 Å². The lowest BCUT2D eigenvalue weighted by molar-refractivity contribution is -0.210. The van der Waals surface area contributed by atoms with Gasteiger partial charge in [0.15, 0.2) is 6.10 Å². The van der Waals surface area contributed by atoms with Gasteiger partial charge in [-0.15, -0.1) is 0 Å². The Morgan fingerprint density at radius 3 is 2.19 bits per heavy atom. The summed E-state index contributed by atoms with van der Waals surface area (Å²) in [6.45, 7) is 5.34. The number of hydrogen-bond acceptors (Lipinski definition) is 6. The summed E-state index contributed by atoms with van der Waals surface area (Å²) in [7, 11) is 0. The molecule has 37 heavy (non-hydrogen) atoms. The molecule has 3 aromatic rings. The lowest BCUT2D eigenvalue weighted by Crippen LogP contribution is -2.40. The minimum atomic E-state index is -5.28. The molecule has 0 heterocycles. The van der Waals surface area contributed by atoms with E-state index < -0.39 is 30.3 Å². The Morgan fingerprint density at radius 1 is 0.919 bits per heavy atom. The number of aryl methyl sites for hydroxylation is 2. The molecule has 2 atom stereocenters. The quantitative estimate of drug-likeness (QED) is 0.306. The Kier molecular flexibility index (Phi) is 9.16. The van der Waals surface area contributed by atoms with E-state index in [2.05, 4.69) is 0 Å². The minimum Gasteiger partial charge on any atom is -0.489 e. The van der Waals surface area contributed by atoms with Gasteiger partial charge in [-0.25, -0.2) is 9.59 Å². The van der Waals surface area contributed by atoms with Crippen molar-refractivity contribution < 1.29 is 41.7 Å². The molecule has 6 nitrogen and oxygen atoms in total. The second kappa shape index (κ2) is 12.3. The minimum absolute atomic E-state index is 0.0578. The van der Waals surface area contributed by atoms with Gasteiger partial charge in [0.2, 0.25) is 6.10 Å².